The van der Waals surface area contributed by atoms with E-state index < -0.39 is 5.60 Å². The summed E-state index contributed by atoms with van der Waals surface area (Å²) in [5.41, 5.74) is -0.409. The molecule has 2 unspecified atom stereocenters. The van der Waals surface area contributed by atoms with Crippen molar-refractivity contribution >= 4 is 6.09 Å². The summed E-state index contributed by atoms with van der Waals surface area (Å²) < 4.78 is 5.25. The van der Waals surface area contributed by atoms with Gasteiger partial charge in [0, 0.05) is 6.04 Å². The van der Waals surface area contributed by atoms with Crippen molar-refractivity contribution in [1.29, 1.82) is 0 Å². The maximum atomic E-state index is 11.6. The van der Waals surface area contributed by atoms with E-state index in [1.54, 1.807) is 0 Å². The first-order valence-electron chi connectivity index (χ1n) is 5.66. The van der Waals surface area contributed by atoms with Gasteiger partial charge in [0.25, 0.3) is 0 Å². The highest BCUT2D eigenvalue weighted by atomic mass is 16.6. The summed E-state index contributed by atoms with van der Waals surface area (Å²) in [7, 11) is 0. The smallest absolute Gasteiger partial charge is 0.408 e. The molecule has 4 nitrogen and oxygen atoms in total. The van der Waals surface area contributed by atoms with Gasteiger partial charge < -0.3 is 15.4 Å². The van der Waals surface area contributed by atoms with Gasteiger partial charge in [-0.2, -0.15) is 0 Å². The quantitative estimate of drug-likeness (QED) is 0.691. The van der Waals surface area contributed by atoms with E-state index in [2.05, 4.69) is 10.6 Å². The number of hydrogen-bond acceptors (Lipinski definition) is 3. The van der Waals surface area contributed by atoms with Gasteiger partial charge in [0.05, 0.1) is 5.54 Å². The Kier molecular flexibility index (Phi) is 2.41. The van der Waals surface area contributed by atoms with Gasteiger partial charge in [-0.15, -0.1) is 0 Å². The summed E-state index contributed by atoms with van der Waals surface area (Å²) in [6.45, 7) is 6.72. The van der Waals surface area contributed by atoms with Crippen molar-refractivity contribution in [3.05, 3.63) is 0 Å². The maximum Gasteiger partial charge on any atom is 0.408 e. The van der Waals surface area contributed by atoms with E-state index in [1.165, 1.54) is 0 Å². The van der Waals surface area contributed by atoms with Crippen LogP contribution in [0.3, 0.4) is 0 Å². The molecule has 2 rings (SSSR count). The number of carbonyl (C=O) groups is 1. The minimum Gasteiger partial charge on any atom is -0.444 e. The van der Waals surface area contributed by atoms with Crippen molar-refractivity contribution in [3.63, 3.8) is 0 Å². The van der Waals surface area contributed by atoms with Crippen molar-refractivity contribution in [2.45, 2.75) is 57.2 Å². The lowest BCUT2D eigenvalue weighted by molar-refractivity contribution is 0.0485. The van der Waals surface area contributed by atoms with Crippen LogP contribution in [0.4, 0.5) is 4.79 Å². The van der Waals surface area contributed by atoms with Crippen molar-refractivity contribution in [3.8, 4) is 0 Å². The second-order valence-corrected chi connectivity index (χ2v) is 5.60. The van der Waals surface area contributed by atoms with E-state index in [4.69, 9.17) is 4.74 Å². The van der Waals surface area contributed by atoms with E-state index >= 15 is 0 Å². The molecule has 0 bridgehead atoms. The number of piperidine rings is 1. The van der Waals surface area contributed by atoms with Gasteiger partial charge in [0.15, 0.2) is 0 Å². The zero-order chi connectivity index (χ0) is 11.1. The molecule has 0 aromatic heterocycles. The van der Waals surface area contributed by atoms with Crippen LogP contribution in [0.5, 0.6) is 0 Å². The fraction of sp³-hybridized carbons (Fsp3) is 0.909. The van der Waals surface area contributed by atoms with Crippen molar-refractivity contribution in [2.75, 3.05) is 6.54 Å². The van der Waals surface area contributed by atoms with Gasteiger partial charge in [-0.25, -0.2) is 4.79 Å². The molecule has 2 N–H and O–H groups in total. The third-order valence-electron chi connectivity index (χ3n) is 3.02. The van der Waals surface area contributed by atoms with E-state index in [9.17, 15) is 4.79 Å². The third kappa shape index (κ3) is 2.43. The maximum absolute atomic E-state index is 11.6. The molecule has 2 atom stereocenters. The highest BCUT2D eigenvalue weighted by Gasteiger charge is 2.56. The summed E-state index contributed by atoms with van der Waals surface area (Å²) in [6, 6.07) is 0.471. The molecule has 86 valence electrons. The molecule has 1 saturated heterocycles. The number of rotatable bonds is 1. The Bertz CT molecular complexity index is 272. The highest BCUT2D eigenvalue weighted by molar-refractivity contribution is 5.70. The molecule has 0 aromatic carbocycles. The van der Waals surface area contributed by atoms with Gasteiger partial charge >= 0.3 is 6.09 Å². The van der Waals surface area contributed by atoms with Crippen LogP contribution in [0.1, 0.15) is 40.0 Å². The zero-order valence-electron chi connectivity index (χ0n) is 9.72. The molecule has 0 spiro atoms. The summed E-state index contributed by atoms with van der Waals surface area (Å²) in [5, 5.41) is 6.40. The molecule has 1 saturated carbocycles. The number of ether oxygens (including phenoxy) is 1. The Balaban J connectivity index is 1.85. The van der Waals surface area contributed by atoms with E-state index in [-0.39, 0.29) is 11.6 Å². The number of nitrogens with one attached hydrogen (secondary N) is 2. The fourth-order valence-corrected chi connectivity index (χ4v) is 2.24. The minimum absolute atomic E-state index is 0.000579. The van der Waals surface area contributed by atoms with Gasteiger partial charge in [0.1, 0.15) is 5.60 Å². The molecule has 2 fully saturated rings. The molecule has 15 heavy (non-hydrogen) atoms. The van der Waals surface area contributed by atoms with Gasteiger partial charge in [0.2, 0.25) is 0 Å². The van der Waals surface area contributed by atoms with Crippen LogP contribution in [0, 0.1) is 0 Å². The first kappa shape index (κ1) is 10.7. The van der Waals surface area contributed by atoms with Crippen molar-refractivity contribution in [2.24, 2.45) is 0 Å². The van der Waals surface area contributed by atoms with E-state index in [0.717, 1.165) is 25.8 Å². The zero-order valence-corrected chi connectivity index (χ0v) is 9.72. The largest absolute Gasteiger partial charge is 0.444 e. The van der Waals surface area contributed by atoms with Crippen LogP contribution < -0.4 is 10.6 Å². The molecule has 1 aliphatic heterocycles. The normalized spacial score (nSPS) is 34.2. The second-order valence-electron chi connectivity index (χ2n) is 5.60. The number of amides is 1. The molecular weight excluding hydrogens is 192 g/mol. The number of alkyl carbamates (subject to hydrolysis) is 1. The third-order valence-corrected chi connectivity index (χ3v) is 3.02. The predicted molar refractivity (Wildman–Crippen MR) is 57.7 cm³/mol. The predicted octanol–water partition coefficient (Wildman–Crippen LogP) is 1.41. The van der Waals surface area contributed by atoms with Crippen molar-refractivity contribution < 1.29 is 9.53 Å². The Hall–Kier alpha value is -0.770. The Morgan fingerprint density at radius 1 is 1.53 bits per heavy atom. The number of hydrogen-bond donors (Lipinski definition) is 2. The molecular formula is C11H20N2O2. The van der Waals surface area contributed by atoms with Gasteiger partial charge in [-0.3, -0.25) is 0 Å². The molecule has 1 amide bonds. The topological polar surface area (TPSA) is 50.4 Å². The number of carbonyl (C=O) groups excluding carboxylic acids is 1. The summed E-state index contributed by atoms with van der Waals surface area (Å²) in [6.07, 6.45) is 2.97. The van der Waals surface area contributed by atoms with E-state index in [0.29, 0.717) is 6.04 Å². The van der Waals surface area contributed by atoms with Crippen LogP contribution in [0.15, 0.2) is 0 Å². The second kappa shape index (κ2) is 3.37. The number of fused-ring (bicyclic) bond motifs is 1. The summed E-state index contributed by atoms with van der Waals surface area (Å²) >= 11 is 0. The first-order chi connectivity index (χ1) is 6.91. The van der Waals surface area contributed by atoms with Crippen molar-refractivity contribution in [1.82, 2.24) is 10.6 Å². The van der Waals surface area contributed by atoms with Gasteiger partial charge in [-0.1, -0.05) is 0 Å². The Labute approximate surface area is 90.8 Å². The van der Waals surface area contributed by atoms with Gasteiger partial charge in [-0.05, 0) is 46.6 Å². The Morgan fingerprint density at radius 3 is 2.87 bits per heavy atom. The first-order valence-corrected chi connectivity index (χ1v) is 5.66. The molecule has 0 aromatic rings. The lowest BCUT2D eigenvalue weighted by Gasteiger charge is -2.26. The van der Waals surface area contributed by atoms with Crippen LogP contribution in [-0.2, 0) is 4.74 Å². The average molecular weight is 212 g/mol. The minimum atomic E-state index is -0.410. The lowest BCUT2D eigenvalue weighted by atomic mass is 10.1. The molecule has 4 heteroatoms. The monoisotopic (exact) mass is 212 g/mol. The van der Waals surface area contributed by atoms with Crippen LogP contribution in [-0.4, -0.2) is 29.8 Å². The SMILES string of the molecule is CC(C)(C)OC(=O)NC12CCCNC1C2. The molecule has 0 radical (unpaired) electrons. The molecule has 2 aliphatic rings. The Morgan fingerprint density at radius 2 is 2.27 bits per heavy atom. The summed E-state index contributed by atoms with van der Waals surface area (Å²) in [5.74, 6) is 0. The summed E-state index contributed by atoms with van der Waals surface area (Å²) in [4.78, 5) is 11.6. The fourth-order valence-electron chi connectivity index (χ4n) is 2.24. The lowest BCUT2D eigenvalue weighted by Crippen LogP contribution is -2.47. The average Bonchev–Trinajstić information content (AvgIpc) is 2.73. The van der Waals surface area contributed by atoms with Crippen LogP contribution in [0.2, 0.25) is 0 Å². The van der Waals surface area contributed by atoms with E-state index in [1.807, 2.05) is 20.8 Å². The molecule has 1 heterocycles. The van der Waals surface area contributed by atoms with Crippen LogP contribution in [0.25, 0.3) is 0 Å². The highest BCUT2D eigenvalue weighted by Crippen LogP contribution is 2.42. The molecule has 1 aliphatic carbocycles. The standard InChI is InChI=1S/C11H20N2O2/c1-10(2,3)15-9(14)13-11-5-4-6-12-8(11)7-11/h8,12H,4-7H2,1-3H3,(H,13,14). The van der Waals surface area contributed by atoms with Crippen LogP contribution >= 0.6 is 0 Å².